The maximum atomic E-state index is 6.13. The topological polar surface area (TPSA) is 47.0 Å². The summed E-state index contributed by atoms with van der Waals surface area (Å²) in [6.45, 7) is 2.81. The van der Waals surface area contributed by atoms with Crippen LogP contribution in [0.5, 0.6) is 0 Å². The molecule has 1 N–H and O–H groups in total. The lowest BCUT2D eigenvalue weighted by atomic mass is 9.78. The van der Waals surface area contributed by atoms with Crippen LogP contribution in [0.3, 0.4) is 0 Å². The highest BCUT2D eigenvalue weighted by Crippen LogP contribution is 2.39. The zero-order valence-corrected chi connectivity index (χ0v) is 11.7. The van der Waals surface area contributed by atoms with Crippen molar-refractivity contribution in [3.63, 3.8) is 0 Å². The van der Waals surface area contributed by atoms with Crippen LogP contribution in [-0.2, 0) is 4.74 Å². The summed E-state index contributed by atoms with van der Waals surface area (Å²) in [5.41, 5.74) is 0.149. The first-order valence-corrected chi connectivity index (χ1v) is 7.46. The Hall–Kier alpha value is -1.16. The third kappa shape index (κ3) is 3.06. The van der Waals surface area contributed by atoms with E-state index in [9.17, 15) is 0 Å². The van der Waals surface area contributed by atoms with Gasteiger partial charge in [-0.1, -0.05) is 19.3 Å². The number of aromatic nitrogens is 2. The summed E-state index contributed by atoms with van der Waals surface area (Å²) in [6.07, 6.45) is 10.5. The van der Waals surface area contributed by atoms with Gasteiger partial charge in [-0.15, -0.1) is 0 Å². The van der Waals surface area contributed by atoms with Gasteiger partial charge in [0.2, 0.25) is 0 Å². The predicted molar refractivity (Wildman–Crippen MR) is 75.2 cm³/mol. The van der Waals surface area contributed by atoms with Gasteiger partial charge in [0.25, 0.3) is 0 Å². The molecule has 1 aromatic heterocycles. The monoisotopic (exact) mass is 261 g/mol. The van der Waals surface area contributed by atoms with Crippen molar-refractivity contribution in [1.29, 1.82) is 0 Å². The molecule has 0 unspecified atom stereocenters. The molecule has 1 saturated heterocycles. The highest BCUT2D eigenvalue weighted by molar-refractivity contribution is 5.34. The largest absolute Gasteiger partial charge is 0.375 e. The van der Waals surface area contributed by atoms with Crippen LogP contribution in [-0.4, -0.2) is 28.2 Å². The average molecular weight is 261 g/mol. The van der Waals surface area contributed by atoms with E-state index in [1.807, 2.05) is 19.2 Å². The van der Waals surface area contributed by atoms with Crippen LogP contribution in [0.2, 0.25) is 0 Å². The molecule has 2 heterocycles. The standard InChI is InChI=1S/C15H23N3O/c1-12-16-9-5-14(17-12)18-13-6-10-19-15(11-13)7-3-2-4-8-15/h5,9,13H,2-4,6-8,10-11H2,1H3,(H,16,17,18)/t13-/m0/s1. The average Bonchev–Trinajstić information content (AvgIpc) is 2.40. The van der Waals surface area contributed by atoms with Gasteiger partial charge >= 0.3 is 0 Å². The molecule has 1 saturated carbocycles. The van der Waals surface area contributed by atoms with Crippen LogP contribution >= 0.6 is 0 Å². The number of anilines is 1. The Morgan fingerprint density at radius 2 is 2.16 bits per heavy atom. The van der Waals surface area contributed by atoms with Crippen molar-refractivity contribution < 1.29 is 4.74 Å². The van der Waals surface area contributed by atoms with Crippen LogP contribution in [0.25, 0.3) is 0 Å². The first-order chi connectivity index (χ1) is 9.26. The molecule has 3 rings (SSSR count). The summed E-state index contributed by atoms with van der Waals surface area (Å²) < 4.78 is 6.13. The molecule has 0 bridgehead atoms. The van der Waals surface area contributed by atoms with E-state index in [1.165, 1.54) is 32.1 Å². The molecule has 2 fully saturated rings. The van der Waals surface area contributed by atoms with Crippen molar-refractivity contribution in [2.45, 2.75) is 63.5 Å². The Bertz CT molecular complexity index is 424. The lowest BCUT2D eigenvalue weighted by Gasteiger charge is -2.43. The normalized spacial score (nSPS) is 26.3. The van der Waals surface area contributed by atoms with Gasteiger partial charge in [-0.2, -0.15) is 0 Å². The second kappa shape index (κ2) is 5.45. The van der Waals surface area contributed by atoms with Crippen molar-refractivity contribution in [3.8, 4) is 0 Å². The molecule has 104 valence electrons. The van der Waals surface area contributed by atoms with Crippen molar-refractivity contribution in [2.24, 2.45) is 0 Å². The molecule has 4 heteroatoms. The summed E-state index contributed by atoms with van der Waals surface area (Å²) in [5.74, 6) is 1.77. The van der Waals surface area contributed by atoms with E-state index < -0.39 is 0 Å². The summed E-state index contributed by atoms with van der Waals surface area (Å²) >= 11 is 0. The van der Waals surface area contributed by atoms with Gasteiger partial charge in [-0.25, -0.2) is 9.97 Å². The van der Waals surface area contributed by atoms with Crippen molar-refractivity contribution in [3.05, 3.63) is 18.1 Å². The Morgan fingerprint density at radius 1 is 1.32 bits per heavy atom. The lowest BCUT2D eigenvalue weighted by molar-refractivity contribution is -0.103. The number of nitrogens with zero attached hydrogens (tertiary/aromatic N) is 2. The summed E-state index contributed by atoms with van der Waals surface area (Å²) in [6, 6.07) is 2.44. The molecule has 0 amide bonds. The molecule has 0 radical (unpaired) electrons. The number of hydrogen-bond acceptors (Lipinski definition) is 4. The third-order valence-corrected chi connectivity index (χ3v) is 4.39. The smallest absolute Gasteiger partial charge is 0.129 e. The minimum absolute atomic E-state index is 0.149. The third-order valence-electron chi connectivity index (χ3n) is 4.39. The maximum absolute atomic E-state index is 6.13. The summed E-state index contributed by atoms with van der Waals surface area (Å²) in [5, 5.41) is 3.56. The van der Waals surface area contributed by atoms with Crippen molar-refractivity contribution in [2.75, 3.05) is 11.9 Å². The van der Waals surface area contributed by atoms with E-state index in [4.69, 9.17) is 4.74 Å². The molecule has 1 aliphatic carbocycles. The van der Waals surface area contributed by atoms with Gasteiger partial charge in [0.15, 0.2) is 0 Å². The Balaban J connectivity index is 1.65. The fraction of sp³-hybridized carbons (Fsp3) is 0.733. The minimum Gasteiger partial charge on any atom is -0.375 e. The second-order valence-electron chi connectivity index (χ2n) is 5.92. The van der Waals surface area contributed by atoms with Gasteiger partial charge < -0.3 is 10.1 Å². The molecule has 2 aliphatic rings. The number of aryl methyl sites for hydroxylation is 1. The summed E-state index contributed by atoms with van der Waals surface area (Å²) in [7, 11) is 0. The fourth-order valence-corrected chi connectivity index (χ4v) is 3.44. The molecule has 1 atom stereocenters. The quantitative estimate of drug-likeness (QED) is 0.888. The van der Waals surface area contributed by atoms with Crippen molar-refractivity contribution in [1.82, 2.24) is 9.97 Å². The lowest BCUT2D eigenvalue weighted by Crippen LogP contribution is -2.45. The second-order valence-corrected chi connectivity index (χ2v) is 5.92. The first kappa shape index (κ1) is 12.9. The van der Waals surface area contributed by atoms with E-state index in [0.29, 0.717) is 6.04 Å². The minimum atomic E-state index is 0.149. The molecular formula is C15H23N3O. The van der Waals surface area contributed by atoms with Gasteiger partial charge in [0.05, 0.1) is 5.60 Å². The van der Waals surface area contributed by atoms with Crippen LogP contribution < -0.4 is 5.32 Å². The van der Waals surface area contributed by atoms with Crippen molar-refractivity contribution >= 4 is 5.82 Å². The SMILES string of the molecule is Cc1nccc(N[C@H]2CCOC3(CCCCC3)C2)n1. The molecule has 1 aromatic rings. The van der Waals surface area contributed by atoms with Crippen LogP contribution in [0.15, 0.2) is 12.3 Å². The number of hydrogen-bond donors (Lipinski definition) is 1. The van der Waals surface area contributed by atoms with E-state index in [-0.39, 0.29) is 5.60 Å². The van der Waals surface area contributed by atoms with Gasteiger partial charge in [-0.05, 0) is 38.7 Å². The van der Waals surface area contributed by atoms with Crippen LogP contribution in [0, 0.1) is 6.92 Å². The van der Waals surface area contributed by atoms with E-state index in [0.717, 1.165) is 31.1 Å². The van der Waals surface area contributed by atoms with Gasteiger partial charge in [-0.3, -0.25) is 0 Å². The number of ether oxygens (including phenoxy) is 1. The highest BCUT2D eigenvalue weighted by atomic mass is 16.5. The van der Waals surface area contributed by atoms with Crippen LogP contribution in [0.4, 0.5) is 5.82 Å². The van der Waals surface area contributed by atoms with Crippen LogP contribution in [0.1, 0.15) is 50.8 Å². The Kier molecular flexibility index (Phi) is 3.69. The van der Waals surface area contributed by atoms with Gasteiger partial charge in [0.1, 0.15) is 11.6 Å². The number of nitrogens with one attached hydrogen (secondary N) is 1. The van der Waals surface area contributed by atoms with E-state index in [1.54, 1.807) is 0 Å². The molecule has 4 nitrogen and oxygen atoms in total. The van der Waals surface area contributed by atoms with E-state index in [2.05, 4.69) is 15.3 Å². The fourth-order valence-electron chi connectivity index (χ4n) is 3.44. The maximum Gasteiger partial charge on any atom is 0.129 e. The zero-order chi connectivity index (χ0) is 13.1. The zero-order valence-electron chi connectivity index (χ0n) is 11.7. The molecule has 1 aliphatic heterocycles. The Labute approximate surface area is 115 Å². The Morgan fingerprint density at radius 3 is 2.95 bits per heavy atom. The van der Waals surface area contributed by atoms with Gasteiger partial charge in [0, 0.05) is 18.8 Å². The molecule has 19 heavy (non-hydrogen) atoms. The predicted octanol–water partition coefficient (Wildman–Crippen LogP) is 3.08. The van der Waals surface area contributed by atoms with E-state index >= 15 is 0 Å². The molecule has 0 aromatic carbocycles. The molecular weight excluding hydrogens is 238 g/mol. The first-order valence-electron chi connectivity index (χ1n) is 7.46. The number of rotatable bonds is 2. The molecule has 1 spiro atoms. The highest BCUT2D eigenvalue weighted by Gasteiger charge is 2.38. The summed E-state index contributed by atoms with van der Waals surface area (Å²) in [4.78, 5) is 8.58.